The fourth-order valence-corrected chi connectivity index (χ4v) is 3.39. The Kier molecular flexibility index (Phi) is 5.43. The highest BCUT2D eigenvalue weighted by Gasteiger charge is 2.27. The SMILES string of the molecule is Cc1cc(C(N)=O)ccc1-c1cc(O)cc(CN2CCOC[C@@H]2C(N)=O)c1. The Labute approximate surface area is 157 Å². The molecule has 0 saturated carbocycles. The van der Waals surface area contributed by atoms with Crippen molar-refractivity contribution in [1.82, 2.24) is 4.90 Å². The first-order chi connectivity index (χ1) is 12.8. The van der Waals surface area contributed by atoms with Crippen LogP contribution in [0, 0.1) is 6.92 Å². The summed E-state index contributed by atoms with van der Waals surface area (Å²) in [4.78, 5) is 25.0. The minimum Gasteiger partial charge on any atom is -0.508 e. The van der Waals surface area contributed by atoms with Crippen molar-refractivity contribution in [3.05, 3.63) is 53.1 Å². The predicted octanol–water partition coefficient (Wildman–Crippen LogP) is 1.15. The molecule has 0 bridgehead atoms. The van der Waals surface area contributed by atoms with Gasteiger partial charge in [0.15, 0.2) is 0 Å². The van der Waals surface area contributed by atoms with E-state index in [-0.39, 0.29) is 12.4 Å². The number of carbonyl (C=O) groups is 2. The van der Waals surface area contributed by atoms with Gasteiger partial charge in [-0.05, 0) is 59.5 Å². The van der Waals surface area contributed by atoms with Crippen LogP contribution in [0.25, 0.3) is 11.1 Å². The highest BCUT2D eigenvalue weighted by molar-refractivity contribution is 5.93. The number of carbonyl (C=O) groups excluding carboxylic acids is 2. The lowest BCUT2D eigenvalue weighted by atomic mass is 9.96. The first kappa shape index (κ1) is 18.9. The molecule has 2 amide bonds. The van der Waals surface area contributed by atoms with Crippen LogP contribution in [0.5, 0.6) is 5.75 Å². The molecule has 0 radical (unpaired) electrons. The Morgan fingerprint density at radius 1 is 1.22 bits per heavy atom. The molecule has 0 aliphatic carbocycles. The summed E-state index contributed by atoms with van der Waals surface area (Å²) in [5, 5.41) is 10.2. The number of phenolic OH excluding ortho intramolecular Hbond substituents is 1. The number of nitrogens with zero attached hydrogens (tertiary/aromatic N) is 1. The van der Waals surface area contributed by atoms with E-state index >= 15 is 0 Å². The number of morpholine rings is 1. The number of aryl methyl sites for hydroxylation is 1. The molecule has 1 aliphatic rings. The second-order valence-electron chi connectivity index (χ2n) is 6.75. The normalized spacial score (nSPS) is 17.6. The molecule has 1 fully saturated rings. The van der Waals surface area contributed by atoms with E-state index < -0.39 is 17.9 Å². The van der Waals surface area contributed by atoms with E-state index in [0.717, 1.165) is 22.3 Å². The van der Waals surface area contributed by atoms with Crippen LogP contribution >= 0.6 is 0 Å². The molecule has 1 heterocycles. The van der Waals surface area contributed by atoms with E-state index in [4.69, 9.17) is 16.2 Å². The van der Waals surface area contributed by atoms with Crippen molar-refractivity contribution in [2.45, 2.75) is 19.5 Å². The van der Waals surface area contributed by atoms with E-state index in [1.54, 1.807) is 24.3 Å². The van der Waals surface area contributed by atoms with Crippen molar-refractivity contribution < 1.29 is 19.4 Å². The Bertz CT molecular complexity index is 882. The largest absolute Gasteiger partial charge is 0.508 e. The van der Waals surface area contributed by atoms with Crippen molar-refractivity contribution >= 4 is 11.8 Å². The Morgan fingerprint density at radius 3 is 2.67 bits per heavy atom. The first-order valence-corrected chi connectivity index (χ1v) is 8.70. The van der Waals surface area contributed by atoms with Crippen molar-refractivity contribution in [1.29, 1.82) is 0 Å². The van der Waals surface area contributed by atoms with Crippen LogP contribution in [-0.4, -0.2) is 47.6 Å². The number of rotatable bonds is 5. The maximum atomic E-state index is 11.7. The second-order valence-corrected chi connectivity index (χ2v) is 6.75. The number of benzene rings is 2. The molecule has 0 spiro atoms. The molecule has 2 aromatic rings. The summed E-state index contributed by atoms with van der Waals surface area (Å²) in [5.41, 5.74) is 14.7. The molecule has 3 rings (SSSR count). The van der Waals surface area contributed by atoms with Gasteiger partial charge >= 0.3 is 0 Å². The third-order valence-corrected chi connectivity index (χ3v) is 4.75. The molecular formula is C20H23N3O4. The summed E-state index contributed by atoms with van der Waals surface area (Å²) in [6.07, 6.45) is 0. The number of hydrogen-bond acceptors (Lipinski definition) is 5. The third-order valence-electron chi connectivity index (χ3n) is 4.75. The lowest BCUT2D eigenvalue weighted by molar-refractivity contribution is -0.129. The first-order valence-electron chi connectivity index (χ1n) is 8.70. The van der Waals surface area contributed by atoms with E-state index in [1.165, 1.54) is 0 Å². The van der Waals surface area contributed by atoms with Crippen molar-refractivity contribution in [2.24, 2.45) is 11.5 Å². The van der Waals surface area contributed by atoms with Crippen LogP contribution in [0.4, 0.5) is 0 Å². The van der Waals surface area contributed by atoms with Gasteiger partial charge in [-0.1, -0.05) is 6.07 Å². The number of nitrogens with two attached hydrogens (primary N) is 2. The van der Waals surface area contributed by atoms with Crippen LogP contribution in [-0.2, 0) is 16.1 Å². The number of aromatic hydroxyl groups is 1. The average Bonchev–Trinajstić information content (AvgIpc) is 2.61. The van der Waals surface area contributed by atoms with Gasteiger partial charge in [-0.15, -0.1) is 0 Å². The molecule has 1 aliphatic heterocycles. The van der Waals surface area contributed by atoms with Gasteiger partial charge in [0.1, 0.15) is 11.8 Å². The van der Waals surface area contributed by atoms with Crippen LogP contribution in [0.3, 0.4) is 0 Å². The van der Waals surface area contributed by atoms with Gasteiger partial charge in [0.25, 0.3) is 0 Å². The Hall–Kier alpha value is -2.90. The molecular weight excluding hydrogens is 346 g/mol. The molecule has 27 heavy (non-hydrogen) atoms. The fourth-order valence-electron chi connectivity index (χ4n) is 3.39. The highest BCUT2D eigenvalue weighted by atomic mass is 16.5. The number of primary amides is 2. The number of hydrogen-bond donors (Lipinski definition) is 3. The zero-order valence-electron chi connectivity index (χ0n) is 15.1. The molecule has 142 valence electrons. The van der Waals surface area contributed by atoms with Gasteiger partial charge in [0.05, 0.1) is 13.2 Å². The molecule has 0 aromatic heterocycles. The summed E-state index contributed by atoms with van der Waals surface area (Å²) in [5.74, 6) is -0.774. The molecule has 7 nitrogen and oxygen atoms in total. The quantitative estimate of drug-likeness (QED) is 0.730. The molecule has 5 N–H and O–H groups in total. The van der Waals surface area contributed by atoms with Gasteiger partial charge in [-0.2, -0.15) is 0 Å². The lowest BCUT2D eigenvalue weighted by Gasteiger charge is -2.33. The zero-order valence-corrected chi connectivity index (χ0v) is 15.1. The minimum atomic E-state index is -0.485. The predicted molar refractivity (Wildman–Crippen MR) is 101 cm³/mol. The fraction of sp³-hybridized carbons (Fsp3) is 0.300. The monoisotopic (exact) mass is 369 g/mol. The lowest BCUT2D eigenvalue weighted by Crippen LogP contribution is -2.51. The minimum absolute atomic E-state index is 0.129. The van der Waals surface area contributed by atoms with Crippen molar-refractivity contribution in [2.75, 3.05) is 19.8 Å². The summed E-state index contributed by atoms with van der Waals surface area (Å²) >= 11 is 0. The van der Waals surface area contributed by atoms with E-state index in [2.05, 4.69) is 0 Å². The zero-order chi connectivity index (χ0) is 19.6. The van der Waals surface area contributed by atoms with Gasteiger partial charge in [0.2, 0.25) is 11.8 Å². The van der Waals surface area contributed by atoms with Crippen molar-refractivity contribution in [3.63, 3.8) is 0 Å². The second kappa shape index (κ2) is 7.77. The molecule has 2 aromatic carbocycles. The summed E-state index contributed by atoms with van der Waals surface area (Å²) < 4.78 is 5.34. The highest BCUT2D eigenvalue weighted by Crippen LogP contribution is 2.29. The van der Waals surface area contributed by atoms with Gasteiger partial charge in [-0.3, -0.25) is 14.5 Å². The Balaban J connectivity index is 1.90. The van der Waals surface area contributed by atoms with Crippen LogP contribution < -0.4 is 11.5 Å². The van der Waals surface area contributed by atoms with Gasteiger partial charge in [-0.25, -0.2) is 0 Å². The van der Waals surface area contributed by atoms with Crippen LogP contribution in [0.1, 0.15) is 21.5 Å². The standard InChI is InChI=1S/C20H23N3O4/c1-12-6-14(19(21)25)2-3-17(12)15-7-13(8-16(24)9-15)10-23-4-5-27-11-18(23)20(22)26/h2-3,6-9,18,24H,4-5,10-11H2,1H3,(H2,21,25)(H2,22,26)/t18-/m1/s1. The Morgan fingerprint density at radius 2 is 2.00 bits per heavy atom. The van der Waals surface area contributed by atoms with E-state index in [0.29, 0.717) is 25.3 Å². The van der Waals surface area contributed by atoms with E-state index in [1.807, 2.05) is 24.0 Å². The third kappa shape index (κ3) is 4.27. The smallest absolute Gasteiger partial charge is 0.248 e. The average molecular weight is 369 g/mol. The maximum Gasteiger partial charge on any atom is 0.248 e. The van der Waals surface area contributed by atoms with Crippen molar-refractivity contribution in [3.8, 4) is 16.9 Å². The number of ether oxygens (including phenoxy) is 1. The molecule has 0 unspecified atom stereocenters. The van der Waals surface area contributed by atoms with Gasteiger partial charge < -0.3 is 21.3 Å². The number of amides is 2. The summed E-state index contributed by atoms with van der Waals surface area (Å²) in [7, 11) is 0. The van der Waals surface area contributed by atoms with Crippen LogP contribution in [0.2, 0.25) is 0 Å². The maximum absolute atomic E-state index is 11.7. The summed E-state index contributed by atoms with van der Waals surface area (Å²) in [6, 6.07) is 10.0. The summed E-state index contributed by atoms with van der Waals surface area (Å²) in [6.45, 7) is 3.75. The molecule has 1 atom stereocenters. The number of phenols is 1. The molecule has 7 heteroatoms. The van der Waals surface area contributed by atoms with Gasteiger partial charge in [0, 0.05) is 18.7 Å². The molecule has 1 saturated heterocycles. The topological polar surface area (TPSA) is 119 Å². The van der Waals surface area contributed by atoms with Crippen LogP contribution in [0.15, 0.2) is 36.4 Å². The van der Waals surface area contributed by atoms with E-state index in [9.17, 15) is 14.7 Å².